The van der Waals surface area contributed by atoms with Gasteiger partial charge in [0.2, 0.25) is 0 Å². The lowest BCUT2D eigenvalue weighted by molar-refractivity contribution is -0.923. The summed E-state index contributed by atoms with van der Waals surface area (Å²) in [6.45, 7) is 7.40. The number of allylic oxidation sites excluding steroid dienone is 1. The largest absolute Gasteiger partial charge is 0.550 e. The van der Waals surface area contributed by atoms with Crippen LogP contribution in [0.4, 0.5) is 0 Å². The fraction of sp³-hybridized carbons (Fsp3) is 0.769. The Hall–Kier alpha value is -0.830. The van der Waals surface area contributed by atoms with Crippen LogP contribution in [0.5, 0.6) is 0 Å². The van der Waals surface area contributed by atoms with E-state index in [-0.39, 0.29) is 5.92 Å². The molecule has 2 fully saturated rings. The van der Waals surface area contributed by atoms with Gasteiger partial charge < -0.3 is 14.4 Å². The van der Waals surface area contributed by atoms with Crippen molar-refractivity contribution in [3.63, 3.8) is 0 Å². The number of hydrogen-bond donors (Lipinski definition) is 0. The van der Waals surface area contributed by atoms with Crippen molar-refractivity contribution < 1.29 is 14.4 Å². The van der Waals surface area contributed by atoms with E-state index in [1.807, 2.05) is 0 Å². The number of hydrogen-bond acceptors (Lipinski definition) is 2. The molecular weight excluding hydrogens is 202 g/mol. The topological polar surface area (TPSA) is 40.1 Å². The first-order valence-electron chi connectivity index (χ1n) is 6.25. The third kappa shape index (κ3) is 1.88. The molecule has 3 nitrogen and oxygen atoms in total. The van der Waals surface area contributed by atoms with Gasteiger partial charge in [-0.1, -0.05) is 5.57 Å². The third-order valence-corrected chi connectivity index (χ3v) is 4.32. The molecular formula is C13H21NO2. The Morgan fingerprint density at radius 3 is 2.75 bits per heavy atom. The lowest BCUT2D eigenvalue weighted by Gasteiger charge is -2.35. The molecule has 0 aromatic rings. The molecule has 3 unspecified atom stereocenters. The fourth-order valence-corrected chi connectivity index (χ4v) is 3.46. The summed E-state index contributed by atoms with van der Waals surface area (Å²) in [5.41, 5.74) is 1.33. The zero-order valence-corrected chi connectivity index (χ0v) is 10.2. The molecule has 2 aliphatic rings. The summed E-state index contributed by atoms with van der Waals surface area (Å²) in [6, 6.07) is 0.320. The quantitative estimate of drug-likeness (QED) is 0.522. The number of fused-ring (bicyclic) bond motifs is 1. The van der Waals surface area contributed by atoms with Crippen LogP contribution in [-0.4, -0.2) is 36.1 Å². The third-order valence-electron chi connectivity index (χ3n) is 4.32. The zero-order chi connectivity index (χ0) is 11.8. The Labute approximate surface area is 97.3 Å². The van der Waals surface area contributed by atoms with Crippen LogP contribution in [0.25, 0.3) is 0 Å². The van der Waals surface area contributed by atoms with Crippen LogP contribution in [0.15, 0.2) is 11.6 Å². The van der Waals surface area contributed by atoms with Gasteiger partial charge in [0.15, 0.2) is 0 Å². The highest BCUT2D eigenvalue weighted by Crippen LogP contribution is 2.40. The summed E-state index contributed by atoms with van der Waals surface area (Å²) in [7, 11) is 0. The standard InChI is InChI=1S/C13H21NO2/c1-10(2)5-8-14-7-3-4-12(14)11(6-9-14)13(15)16/h5,11-12H,3-4,6-9H2,1-2H3. The van der Waals surface area contributed by atoms with Gasteiger partial charge in [-0.2, -0.15) is 0 Å². The number of rotatable bonds is 3. The van der Waals surface area contributed by atoms with Crippen LogP contribution in [-0.2, 0) is 4.79 Å². The van der Waals surface area contributed by atoms with Crippen LogP contribution in [0.2, 0.25) is 0 Å². The molecule has 0 aromatic heterocycles. The summed E-state index contributed by atoms with van der Waals surface area (Å²) < 4.78 is 1.00. The molecule has 0 N–H and O–H groups in total. The maximum absolute atomic E-state index is 11.1. The van der Waals surface area contributed by atoms with Crippen molar-refractivity contribution >= 4 is 5.97 Å². The second-order valence-electron chi connectivity index (χ2n) is 5.55. The normalized spacial score (nSPS) is 37.1. The van der Waals surface area contributed by atoms with Crippen molar-refractivity contribution in [1.82, 2.24) is 0 Å². The van der Waals surface area contributed by atoms with Crippen molar-refractivity contribution in [2.24, 2.45) is 5.92 Å². The lowest BCUT2D eigenvalue weighted by Crippen LogP contribution is -2.51. The smallest absolute Gasteiger partial charge is 0.0978 e. The number of carbonyl (C=O) groups excluding carboxylic acids is 1. The van der Waals surface area contributed by atoms with Crippen molar-refractivity contribution in [3.8, 4) is 0 Å². The van der Waals surface area contributed by atoms with Crippen LogP contribution >= 0.6 is 0 Å². The Bertz CT molecular complexity index is 320. The van der Waals surface area contributed by atoms with Gasteiger partial charge in [-0.05, 0) is 19.9 Å². The summed E-state index contributed by atoms with van der Waals surface area (Å²) in [5.74, 6) is -1.03. The first-order valence-corrected chi connectivity index (χ1v) is 6.25. The van der Waals surface area contributed by atoms with E-state index in [1.54, 1.807) is 0 Å². The van der Waals surface area contributed by atoms with E-state index >= 15 is 0 Å². The molecule has 0 aliphatic carbocycles. The molecule has 3 heteroatoms. The van der Waals surface area contributed by atoms with Crippen LogP contribution in [0.1, 0.15) is 33.1 Å². The molecule has 90 valence electrons. The van der Waals surface area contributed by atoms with Gasteiger partial charge in [0.1, 0.15) is 0 Å². The molecule has 2 heterocycles. The summed E-state index contributed by atoms with van der Waals surface area (Å²) >= 11 is 0. The van der Waals surface area contributed by atoms with Gasteiger partial charge in [-0.15, -0.1) is 0 Å². The molecule has 0 radical (unpaired) electrons. The highest BCUT2D eigenvalue weighted by atomic mass is 16.4. The van der Waals surface area contributed by atoms with E-state index in [0.29, 0.717) is 6.04 Å². The number of quaternary nitrogens is 1. The van der Waals surface area contributed by atoms with Crippen LogP contribution in [0, 0.1) is 5.92 Å². The lowest BCUT2D eigenvalue weighted by atomic mass is 9.98. The van der Waals surface area contributed by atoms with E-state index in [0.717, 1.165) is 37.0 Å². The average molecular weight is 223 g/mol. The zero-order valence-electron chi connectivity index (χ0n) is 10.2. The number of carbonyl (C=O) groups is 1. The predicted molar refractivity (Wildman–Crippen MR) is 60.4 cm³/mol. The Balaban J connectivity index is 2.15. The van der Waals surface area contributed by atoms with E-state index in [4.69, 9.17) is 0 Å². The van der Waals surface area contributed by atoms with E-state index in [1.165, 1.54) is 12.0 Å². The van der Waals surface area contributed by atoms with E-state index < -0.39 is 5.97 Å². The Morgan fingerprint density at radius 1 is 1.38 bits per heavy atom. The first-order chi connectivity index (χ1) is 7.55. The highest BCUT2D eigenvalue weighted by molar-refractivity contribution is 5.68. The van der Waals surface area contributed by atoms with Gasteiger partial charge in [0.25, 0.3) is 0 Å². The number of aliphatic carboxylic acids is 1. The SMILES string of the molecule is CC(C)=CC[N+]12CCCC1C(C(=O)[O-])CC2. The minimum atomic E-state index is -0.830. The summed E-state index contributed by atoms with van der Waals surface area (Å²) in [4.78, 5) is 11.1. The van der Waals surface area contributed by atoms with Crippen molar-refractivity contribution in [3.05, 3.63) is 11.6 Å². The Morgan fingerprint density at radius 2 is 2.12 bits per heavy atom. The Kier molecular flexibility index (Phi) is 3.06. The van der Waals surface area contributed by atoms with Gasteiger partial charge in [0, 0.05) is 19.3 Å². The van der Waals surface area contributed by atoms with Crippen LogP contribution < -0.4 is 5.11 Å². The van der Waals surface area contributed by atoms with E-state index in [2.05, 4.69) is 19.9 Å². The molecule has 0 spiro atoms. The molecule has 2 saturated heterocycles. The first kappa shape index (κ1) is 11.6. The van der Waals surface area contributed by atoms with Gasteiger partial charge >= 0.3 is 0 Å². The summed E-state index contributed by atoms with van der Waals surface area (Å²) in [6.07, 6.45) is 5.31. The number of carboxylic acid groups (broad SMARTS) is 1. The van der Waals surface area contributed by atoms with Crippen molar-refractivity contribution in [2.75, 3.05) is 19.6 Å². The second-order valence-corrected chi connectivity index (χ2v) is 5.55. The molecule has 2 aliphatic heterocycles. The maximum atomic E-state index is 11.1. The molecule has 0 saturated carbocycles. The predicted octanol–water partition coefficient (Wildman–Crippen LogP) is 0.702. The van der Waals surface area contributed by atoms with Crippen molar-refractivity contribution in [1.29, 1.82) is 0 Å². The molecule has 2 rings (SSSR count). The second kappa shape index (κ2) is 4.21. The van der Waals surface area contributed by atoms with Gasteiger partial charge in [-0.3, -0.25) is 0 Å². The molecule has 3 atom stereocenters. The minimum absolute atomic E-state index is 0.201. The van der Waals surface area contributed by atoms with E-state index in [9.17, 15) is 9.90 Å². The minimum Gasteiger partial charge on any atom is -0.550 e. The van der Waals surface area contributed by atoms with Crippen LogP contribution in [0.3, 0.4) is 0 Å². The fourth-order valence-electron chi connectivity index (χ4n) is 3.46. The molecule has 0 bridgehead atoms. The summed E-state index contributed by atoms with van der Waals surface area (Å²) in [5, 5.41) is 11.1. The molecule has 0 amide bonds. The molecule has 0 aromatic carbocycles. The number of nitrogens with zero attached hydrogens (tertiary/aromatic N) is 1. The average Bonchev–Trinajstić information content (AvgIpc) is 2.71. The van der Waals surface area contributed by atoms with Crippen molar-refractivity contribution in [2.45, 2.75) is 39.2 Å². The monoisotopic (exact) mass is 223 g/mol. The number of carboxylic acids is 1. The van der Waals surface area contributed by atoms with Gasteiger partial charge in [0.05, 0.1) is 37.6 Å². The van der Waals surface area contributed by atoms with Gasteiger partial charge in [-0.25, -0.2) is 0 Å². The molecule has 16 heavy (non-hydrogen) atoms. The maximum Gasteiger partial charge on any atom is 0.0978 e. The highest BCUT2D eigenvalue weighted by Gasteiger charge is 2.50.